The van der Waals surface area contributed by atoms with Crippen molar-refractivity contribution in [2.24, 2.45) is 0 Å². The summed E-state index contributed by atoms with van der Waals surface area (Å²) in [4.78, 5) is 12.0. The lowest BCUT2D eigenvalue weighted by molar-refractivity contribution is -0.117. The van der Waals surface area contributed by atoms with Gasteiger partial charge in [-0.05, 0) is 26.0 Å². The van der Waals surface area contributed by atoms with Gasteiger partial charge in [-0.1, -0.05) is 24.3 Å². The van der Waals surface area contributed by atoms with Crippen LogP contribution in [0.25, 0.3) is 17.0 Å². The van der Waals surface area contributed by atoms with Gasteiger partial charge in [-0.15, -0.1) is 6.58 Å². The van der Waals surface area contributed by atoms with Crippen molar-refractivity contribution in [2.45, 2.75) is 26.4 Å². The number of rotatable bonds is 5. The fraction of sp³-hybridized carbons (Fsp3) is 0.222. The molecule has 0 aliphatic heterocycles. The number of hydrogen-bond donors (Lipinski definition) is 1. The van der Waals surface area contributed by atoms with Gasteiger partial charge in [-0.3, -0.25) is 4.79 Å². The number of carbonyl (C=O) groups is 1. The molecule has 1 amide bonds. The van der Waals surface area contributed by atoms with E-state index in [0.29, 0.717) is 6.54 Å². The SMILES string of the molecule is C=CCn1cc(/C=C(/C#N)C(=O)NC(C)C)c2ccccc21. The smallest absolute Gasteiger partial charge is 0.262 e. The second-order valence-corrected chi connectivity index (χ2v) is 5.34. The predicted molar refractivity (Wildman–Crippen MR) is 89.0 cm³/mol. The number of benzene rings is 1. The van der Waals surface area contributed by atoms with E-state index in [1.54, 1.807) is 6.08 Å². The lowest BCUT2D eigenvalue weighted by Gasteiger charge is -2.06. The van der Waals surface area contributed by atoms with Crippen LogP contribution in [-0.2, 0) is 11.3 Å². The lowest BCUT2D eigenvalue weighted by atomic mass is 10.1. The summed E-state index contributed by atoms with van der Waals surface area (Å²) in [5, 5.41) is 13.0. The highest BCUT2D eigenvalue weighted by Gasteiger charge is 2.12. The van der Waals surface area contributed by atoms with Crippen LogP contribution in [0.5, 0.6) is 0 Å². The molecule has 112 valence electrons. The van der Waals surface area contributed by atoms with Crippen molar-refractivity contribution in [2.75, 3.05) is 0 Å². The van der Waals surface area contributed by atoms with Gasteiger partial charge in [0.1, 0.15) is 11.6 Å². The Morgan fingerprint density at radius 2 is 2.18 bits per heavy atom. The van der Waals surface area contributed by atoms with Crippen molar-refractivity contribution in [3.8, 4) is 6.07 Å². The molecular formula is C18H19N3O. The van der Waals surface area contributed by atoms with Crippen LogP contribution >= 0.6 is 0 Å². The van der Waals surface area contributed by atoms with Crippen molar-refractivity contribution < 1.29 is 4.79 Å². The molecule has 0 atom stereocenters. The summed E-state index contributed by atoms with van der Waals surface area (Å²) in [5.74, 6) is -0.349. The molecule has 4 heteroatoms. The van der Waals surface area contributed by atoms with Crippen LogP contribution < -0.4 is 5.32 Å². The summed E-state index contributed by atoms with van der Waals surface area (Å²) >= 11 is 0. The first-order valence-corrected chi connectivity index (χ1v) is 7.18. The second kappa shape index (κ2) is 6.77. The molecule has 4 nitrogen and oxygen atoms in total. The number of carbonyl (C=O) groups excluding carboxylic acids is 1. The summed E-state index contributed by atoms with van der Waals surface area (Å²) in [5.41, 5.74) is 2.01. The molecule has 2 aromatic rings. The van der Waals surface area contributed by atoms with Gasteiger partial charge in [0.05, 0.1) is 0 Å². The number of nitriles is 1. The fourth-order valence-corrected chi connectivity index (χ4v) is 2.32. The van der Waals surface area contributed by atoms with Crippen LogP contribution in [0.3, 0.4) is 0 Å². The standard InChI is InChI=1S/C18H19N3O/c1-4-9-21-12-15(16-7-5-6-8-17(16)21)10-14(11-19)18(22)20-13(2)3/h4-8,10,12-13H,1,9H2,2-3H3,(H,20,22)/b14-10-. The number of nitrogens with zero attached hydrogens (tertiary/aromatic N) is 2. The zero-order valence-electron chi connectivity index (χ0n) is 12.8. The molecule has 0 radical (unpaired) electrons. The molecule has 0 spiro atoms. The molecule has 0 bridgehead atoms. The maximum Gasteiger partial charge on any atom is 0.262 e. The van der Waals surface area contributed by atoms with Gasteiger partial charge >= 0.3 is 0 Å². The summed E-state index contributed by atoms with van der Waals surface area (Å²) < 4.78 is 2.05. The first-order chi connectivity index (χ1) is 10.6. The largest absolute Gasteiger partial charge is 0.349 e. The monoisotopic (exact) mass is 293 g/mol. The van der Waals surface area contributed by atoms with Crippen LogP contribution in [0.4, 0.5) is 0 Å². The molecule has 0 fully saturated rings. The highest BCUT2D eigenvalue weighted by atomic mass is 16.1. The Hall–Kier alpha value is -2.80. The molecule has 1 aromatic heterocycles. The number of amides is 1. The predicted octanol–water partition coefficient (Wildman–Crippen LogP) is 3.26. The first kappa shape index (κ1) is 15.6. The molecule has 0 saturated carbocycles. The van der Waals surface area contributed by atoms with Crippen molar-refractivity contribution in [1.82, 2.24) is 9.88 Å². The molecule has 1 heterocycles. The van der Waals surface area contributed by atoms with E-state index in [1.807, 2.05) is 61.0 Å². The van der Waals surface area contributed by atoms with E-state index < -0.39 is 0 Å². The maximum atomic E-state index is 12.0. The molecule has 22 heavy (non-hydrogen) atoms. The average molecular weight is 293 g/mol. The number of allylic oxidation sites excluding steroid dienone is 1. The normalized spacial score (nSPS) is 11.5. The number of fused-ring (bicyclic) bond motifs is 1. The Morgan fingerprint density at radius 1 is 1.45 bits per heavy atom. The minimum atomic E-state index is -0.349. The Morgan fingerprint density at radius 3 is 2.82 bits per heavy atom. The van der Waals surface area contributed by atoms with Crippen LogP contribution in [0.15, 0.2) is 48.7 Å². The highest BCUT2D eigenvalue weighted by Crippen LogP contribution is 2.23. The highest BCUT2D eigenvalue weighted by molar-refractivity contribution is 6.04. The van der Waals surface area contributed by atoms with Gasteiger partial charge < -0.3 is 9.88 Å². The van der Waals surface area contributed by atoms with Crippen LogP contribution in [-0.4, -0.2) is 16.5 Å². The van der Waals surface area contributed by atoms with Gasteiger partial charge in [-0.25, -0.2) is 0 Å². The summed E-state index contributed by atoms with van der Waals surface area (Å²) in [6.45, 7) is 8.16. The van der Waals surface area contributed by atoms with E-state index in [4.69, 9.17) is 0 Å². The van der Waals surface area contributed by atoms with E-state index in [2.05, 4.69) is 11.9 Å². The van der Waals surface area contributed by atoms with E-state index >= 15 is 0 Å². The van der Waals surface area contributed by atoms with Crippen molar-refractivity contribution >= 4 is 22.9 Å². The number of aromatic nitrogens is 1. The summed E-state index contributed by atoms with van der Waals surface area (Å²) in [6, 6.07) is 9.87. The maximum absolute atomic E-state index is 12.0. The fourth-order valence-electron chi connectivity index (χ4n) is 2.32. The van der Waals surface area contributed by atoms with E-state index in [-0.39, 0.29) is 17.5 Å². The topological polar surface area (TPSA) is 57.8 Å². The van der Waals surface area contributed by atoms with Crippen molar-refractivity contribution in [3.63, 3.8) is 0 Å². The molecule has 0 saturated heterocycles. The first-order valence-electron chi connectivity index (χ1n) is 7.18. The zero-order chi connectivity index (χ0) is 16.1. The van der Waals surface area contributed by atoms with Gasteiger partial charge in [0.2, 0.25) is 0 Å². The second-order valence-electron chi connectivity index (χ2n) is 5.34. The Bertz CT molecular complexity index is 775. The Labute approximate surface area is 130 Å². The molecular weight excluding hydrogens is 274 g/mol. The third-order valence-electron chi connectivity index (χ3n) is 3.23. The number of hydrogen-bond acceptors (Lipinski definition) is 2. The quantitative estimate of drug-likeness (QED) is 0.522. The molecule has 1 N–H and O–H groups in total. The lowest BCUT2D eigenvalue weighted by Crippen LogP contribution is -2.30. The van der Waals surface area contributed by atoms with Crippen LogP contribution in [0.1, 0.15) is 19.4 Å². The molecule has 0 unspecified atom stereocenters. The minimum Gasteiger partial charge on any atom is -0.349 e. The van der Waals surface area contributed by atoms with Crippen molar-refractivity contribution in [3.05, 3.63) is 54.3 Å². The van der Waals surface area contributed by atoms with E-state index in [1.165, 1.54) is 0 Å². The van der Waals surface area contributed by atoms with E-state index in [9.17, 15) is 10.1 Å². The Balaban J connectivity index is 2.50. The van der Waals surface area contributed by atoms with Gasteiger partial charge in [0.25, 0.3) is 5.91 Å². The van der Waals surface area contributed by atoms with Crippen molar-refractivity contribution in [1.29, 1.82) is 5.26 Å². The van der Waals surface area contributed by atoms with Gasteiger partial charge in [-0.2, -0.15) is 5.26 Å². The minimum absolute atomic E-state index is 0.00800. The zero-order valence-corrected chi connectivity index (χ0v) is 12.8. The number of nitrogens with one attached hydrogen (secondary N) is 1. The molecule has 0 aliphatic carbocycles. The summed E-state index contributed by atoms with van der Waals surface area (Å²) in [6.07, 6.45) is 5.39. The molecule has 1 aromatic carbocycles. The van der Waals surface area contributed by atoms with Crippen LogP contribution in [0, 0.1) is 11.3 Å². The third-order valence-corrected chi connectivity index (χ3v) is 3.23. The molecule has 0 aliphatic rings. The van der Waals surface area contributed by atoms with Gasteiger partial charge in [0, 0.05) is 35.2 Å². The number of para-hydroxylation sites is 1. The molecule has 2 rings (SSSR count). The van der Waals surface area contributed by atoms with Gasteiger partial charge in [0.15, 0.2) is 0 Å². The summed E-state index contributed by atoms with van der Waals surface area (Å²) in [7, 11) is 0. The van der Waals surface area contributed by atoms with Crippen LogP contribution in [0.2, 0.25) is 0 Å². The Kier molecular flexibility index (Phi) is 4.80. The third kappa shape index (κ3) is 3.26. The van der Waals surface area contributed by atoms with E-state index in [0.717, 1.165) is 16.5 Å². The average Bonchev–Trinajstić information content (AvgIpc) is 2.83.